The number of rotatable bonds is 3. The number of amides is 2. The molecule has 6 heteroatoms. The van der Waals surface area contributed by atoms with Crippen molar-refractivity contribution in [2.45, 2.75) is 44.9 Å². The van der Waals surface area contributed by atoms with Crippen LogP contribution in [-0.4, -0.2) is 34.1 Å². The number of alkyl halides is 1. The molecular formula is C10H17IN2O3. The Balaban J connectivity index is 2.41. The molecule has 16 heavy (non-hydrogen) atoms. The third-order valence-corrected chi connectivity index (χ3v) is 2.73. The number of carbonyl (C=O) groups excluding carboxylic acids is 2. The minimum atomic E-state index is -0.539. The number of alkyl carbamates (subject to hydrolysis) is 1. The van der Waals surface area contributed by atoms with Gasteiger partial charge in [-0.1, -0.05) is 22.6 Å². The molecule has 1 heterocycles. The summed E-state index contributed by atoms with van der Waals surface area (Å²) >= 11 is 2.24. The van der Waals surface area contributed by atoms with Crippen molar-refractivity contribution in [2.75, 3.05) is 4.43 Å². The minimum absolute atomic E-state index is 0.0388. The molecule has 1 saturated heterocycles. The lowest BCUT2D eigenvalue weighted by atomic mass is 9.97. The van der Waals surface area contributed by atoms with E-state index >= 15 is 0 Å². The van der Waals surface area contributed by atoms with Gasteiger partial charge in [0.05, 0.1) is 6.04 Å². The molecule has 5 nitrogen and oxygen atoms in total. The lowest BCUT2D eigenvalue weighted by molar-refractivity contribution is -0.131. The number of hydrogen-bond acceptors (Lipinski definition) is 3. The SMILES string of the molecule is CC(C)(C)OC(=O)N[C@H]1C(=O)NC1CCI. The van der Waals surface area contributed by atoms with E-state index in [1.165, 1.54) is 0 Å². The molecule has 0 saturated carbocycles. The van der Waals surface area contributed by atoms with E-state index in [2.05, 4.69) is 33.2 Å². The Bertz CT molecular complexity index is 288. The third kappa shape index (κ3) is 3.80. The first kappa shape index (κ1) is 13.5. The highest BCUT2D eigenvalue weighted by atomic mass is 127. The van der Waals surface area contributed by atoms with E-state index in [0.29, 0.717) is 0 Å². The largest absolute Gasteiger partial charge is 0.444 e. The highest BCUT2D eigenvalue weighted by Crippen LogP contribution is 2.13. The normalized spacial score (nSPS) is 24.4. The van der Waals surface area contributed by atoms with Crippen LogP contribution in [0.5, 0.6) is 0 Å². The van der Waals surface area contributed by atoms with Gasteiger partial charge in [-0.05, 0) is 27.2 Å². The van der Waals surface area contributed by atoms with Gasteiger partial charge in [-0.15, -0.1) is 0 Å². The Labute approximate surface area is 109 Å². The lowest BCUT2D eigenvalue weighted by Crippen LogP contribution is -2.69. The zero-order chi connectivity index (χ0) is 12.3. The van der Waals surface area contributed by atoms with Crippen LogP contribution in [0.2, 0.25) is 0 Å². The summed E-state index contributed by atoms with van der Waals surface area (Å²) in [4.78, 5) is 22.7. The van der Waals surface area contributed by atoms with Crippen LogP contribution in [0.15, 0.2) is 0 Å². The number of carbonyl (C=O) groups is 2. The van der Waals surface area contributed by atoms with Crippen molar-refractivity contribution in [3.63, 3.8) is 0 Å². The Hall–Kier alpha value is -0.530. The molecule has 0 aliphatic carbocycles. The summed E-state index contributed by atoms with van der Waals surface area (Å²) in [5.41, 5.74) is -0.539. The summed E-state index contributed by atoms with van der Waals surface area (Å²) in [6, 6.07) is -0.401. The first-order valence-corrected chi connectivity index (χ1v) is 6.72. The van der Waals surface area contributed by atoms with Crippen LogP contribution in [0.3, 0.4) is 0 Å². The van der Waals surface area contributed by atoms with Gasteiger partial charge in [-0.3, -0.25) is 4.79 Å². The molecule has 0 bridgehead atoms. The fraction of sp³-hybridized carbons (Fsp3) is 0.800. The number of β-lactam (4-membered cyclic amide) rings is 1. The van der Waals surface area contributed by atoms with Gasteiger partial charge >= 0.3 is 6.09 Å². The predicted octanol–water partition coefficient (Wildman–Crippen LogP) is 1.20. The van der Waals surface area contributed by atoms with Gasteiger partial charge in [0.25, 0.3) is 0 Å². The van der Waals surface area contributed by atoms with E-state index in [9.17, 15) is 9.59 Å². The van der Waals surface area contributed by atoms with Crippen LogP contribution in [0, 0.1) is 0 Å². The minimum Gasteiger partial charge on any atom is -0.444 e. The van der Waals surface area contributed by atoms with E-state index in [1.807, 2.05) is 0 Å². The van der Waals surface area contributed by atoms with Crippen molar-refractivity contribution in [3.05, 3.63) is 0 Å². The lowest BCUT2D eigenvalue weighted by Gasteiger charge is -2.37. The number of ether oxygens (including phenoxy) is 1. The molecule has 1 rings (SSSR count). The van der Waals surface area contributed by atoms with Gasteiger partial charge in [0, 0.05) is 4.43 Å². The zero-order valence-corrected chi connectivity index (χ0v) is 11.8. The van der Waals surface area contributed by atoms with Gasteiger partial charge in [0.15, 0.2) is 0 Å². The maximum atomic E-state index is 11.4. The summed E-state index contributed by atoms with van der Waals surface area (Å²) in [6.45, 7) is 5.36. The van der Waals surface area contributed by atoms with Crippen LogP contribution in [0.1, 0.15) is 27.2 Å². The van der Waals surface area contributed by atoms with E-state index in [1.54, 1.807) is 20.8 Å². The molecule has 92 valence electrons. The van der Waals surface area contributed by atoms with Crippen LogP contribution < -0.4 is 10.6 Å². The average Bonchev–Trinajstić information content (AvgIpc) is 2.11. The molecule has 2 amide bonds. The second kappa shape index (κ2) is 5.20. The highest BCUT2D eigenvalue weighted by molar-refractivity contribution is 14.1. The smallest absolute Gasteiger partial charge is 0.408 e. The molecule has 1 aliphatic heterocycles. The van der Waals surface area contributed by atoms with Crippen LogP contribution in [0.4, 0.5) is 4.79 Å². The standard InChI is InChI=1S/C10H17IN2O3/c1-10(2,3)16-9(15)13-7-6(4-5-11)12-8(7)14/h6-7H,4-5H2,1-3H3,(H,12,14)(H,13,15)/t6?,7-/m1/s1. The van der Waals surface area contributed by atoms with E-state index < -0.39 is 17.7 Å². The van der Waals surface area contributed by atoms with E-state index in [4.69, 9.17) is 4.74 Å². The Morgan fingerprint density at radius 2 is 2.19 bits per heavy atom. The summed E-state index contributed by atoms with van der Waals surface area (Å²) in [6.07, 6.45) is 0.318. The molecule has 0 aromatic rings. The monoisotopic (exact) mass is 340 g/mol. The molecule has 1 unspecified atom stereocenters. The van der Waals surface area contributed by atoms with Gasteiger partial charge < -0.3 is 15.4 Å². The first-order chi connectivity index (χ1) is 7.33. The average molecular weight is 340 g/mol. The van der Waals surface area contributed by atoms with Crippen molar-refractivity contribution in [2.24, 2.45) is 0 Å². The van der Waals surface area contributed by atoms with Crippen LogP contribution in [0.25, 0.3) is 0 Å². The van der Waals surface area contributed by atoms with Crippen molar-refractivity contribution >= 4 is 34.6 Å². The van der Waals surface area contributed by atoms with Crippen molar-refractivity contribution < 1.29 is 14.3 Å². The molecule has 0 radical (unpaired) electrons. The quantitative estimate of drug-likeness (QED) is 0.461. The first-order valence-electron chi connectivity index (χ1n) is 5.19. The number of halogens is 1. The zero-order valence-electron chi connectivity index (χ0n) is 9.67. The van der Waals surface area contributed by atoms with Crippen molar-refractivity contribution in [3.8, 4) is 0 Å². The van der Waals surface area contributed by atoms with Gasteiger partial charge in [-0.25, -0.2) is 4.79 Å². The fourth-order valence-electron chi connectivity index (χ4n) is 1.40. The Morgan fingerprint density at radius 1 is 1.56 bits per heavy atom. The molecule has 1 fully saturated rings. The number of hydrogen-bond donors (Lipinski definition) is 2. The maximum absolute atomic E-state index is 11.4. The molecule has 0 aromatic carbocycles. The van der Waals surface area contributed by atoms with Gasteiger partial charge in [0.2, 0.25) is 5.91 Å². The van der Waals surface area contributed by atoms with Crippen molar-refractivity contribution in [1.82, 2.24) is 10.6 Å². The molecule has 2 N–H and O–H groups in total. The Kier molecular flexibility index (Phi) is 4.40. The number of nitrogens with one attached hydrogen (secondary N) is 2. The summed E-state index contributed by atoms with van der Waals surface area (Å²) in [5.74, 6) is -0.138. The molecular weight excluding hydrogens is 323 g/mol. The van der Waals surface area contributed by atoms with E-state index in [-0.39, 0.29) is 11.9 Å². The second-order valence-corrected chi connectivity index (χ2v) is 5.80. The fourth-order valence-corrected chi connectivity index (χ4v) is 2.07. The molecule has 2 atom stereocenters. The van der Waals surface area contributed by atoms with E-state index in [0.717, 1.165) is 10.8 Å². The molecule has 0 aromatic heterocycles. The van der Waals surface area contributed by atoms with Gasteiger partial charge in [0.1, 0.15) is 11.6 Å². The Morgan fingerprint density at radius 3 is 2.62 bits per heavy atom. The molecule has 0 spiro atoms. The predicted molar refractivity (Wildman–Crippen MR) is 68.6 cm³/mol. The summed E-state index contributed by atoms with van der Waals surface area (Å²) in [7, 11) is 0. The van der Waals surface area contributed by atoms with Crippen LogP contribution >= 0.6 is 22.6 Å². The summed E-state index contributed by atoms with van der Waals surface area (Å²) < 4.78 is 6.03. The highest BCUT2D eigenvalue weighted by Gasteiger charge is 2.40. The van der Waals surface area contributed by atoms with Gasteiger partial charge in [-0.2, -0.15) is 0 Å². The maximum Gasteiger partial charge on any atom is 0.408 e. The second-order valence-electron chi connectivity index (χ2n) is 4.72. The molecule has 1 aliphatic rings. The van der Waals surface area contributed by atoms with Crippen LogP contribution in [-0.2, 0) is 9.53 Å². The van der Waals surface area contributed by atoms with Crippen molar-refractivity contribution in [1.29, 1.82) is 0 Å². The summed E-state index contributed by atoms with van der Waals surface area (Å²) in [5, 5.41) is 5.33. The topological polar surface area (TPSA) is 67.4 Å². The third-order valence-electron chi connectivity index (χ3n) is 2.10.